The first-order chi connectivity index (χ1) is 13.4. The Morgan fingerprint density at radius 1 is 1.20 bits per heavy atom. The highest BCUT2D eigenvalue weighted by Crippen LogP contribution is 2.43. The number of rotatable bonds is 5. The second-order valence-electron chi connectivity index (χ2n) is 11.3. The molecule has 2 aliphatic heterocycles. The van der Waals surface area contributed by atoms with Gasteiger partial charge >= 0.3 is 6.09 Å². The van der Waals surface area contributed by atoms with E-state index in [2.05, 4.69) is 40.4 Å². The zero-order valence-electron chi connectivity index (χ0n) is 20.3. The number of hydrogen-bond acceptors (Lipinski definition) is 6. The lowest BCUT2D eigenvalue weighted by molar-refractivity contribution is -0.172. The molecule has 7 nitrogen and oxygen atoms in total. The van der Waals surface area contributed by atoms with E-state index in [1.807, 2.05) is 34.6 Å². The van der Waals surface area contributed by atoms with Crippen molar-refractivity contribution >= 4 is 14.4 Å². The molecule has 0 aromatic rings. The third kappa shape index (κ3) is 5.27. The van der Waals surface area contributed by atoms with Crippen molar-refractivity contribution in [3.8, 4) is 0 Å². The molecule has 2 rings (SSSR count). The maximum Gasteiger partial charge on any atom is 0.411 e. The van der Waals surface area contributed by atoms with Gasteiger partial charge in [-0.3, -0.25) is 4.90 Å². The average molecular weight is 444 g/mol. The minimum Gasteiger partial charge on any atom is -0.444 e. The Hall–Kier alpha value is -0.933. The summed E-state index contributed by atoms with van der Waals surface area (Å²) in [5, 5.41) is 10.8. The SMILES string of the molecule is C=C[C@@H](O)[C@@H]1[C@@H]2OC(C)(C)O[C@@H]2[C@@H](CO[Si](C)(C)C(C)(C)C)N1C(=O)OC(C)(C)C. The lowest BCUT2D eigenvalue weighted by atomic mass is 10.0. The van der Waals surface area contributed by atoms with E-state index in [-0.39, 0.29) is 11.6 Å². The summed E-state index contributed by atoms with van der Waals surface area (Å²) in [6, 6.07) is -1.11. The molecule has 5 atom stereocenters. The van der Waals surface area contributed by atoms with Crippen molar-refractivity contribution in [2.45, 2.75) is 115 Å². The second kappa shape index (κ2) is 8.20. The van der Waals surface area contributed by atoms with E-state index in [9.17, 15) is 9.90 Å². The van der Waals surface area contributed by atoms with E-state index in [0.717, 1.165) is 0 Å². The van der Waals surface area contributed by atoms with Crippen molar-refractivity contribution in [2.24, 2.45) is 0 Å². The Balaban J connectivity index is 2.41. The summed E-state index contributed by atoms with van der Waals surface area (Å²) in [6.45, 7) is 24.0. The highest BCUT2D eigenvalue weighted by Gasteiger charge is 2.61. The Labute approximate surface area is 182 Å². The van der Waals surface area contributed by atoms with Crippen LogP contribution in [0.1, 0.15) is 55.4 Å². The number of amides is 1. The molecule has 2 saturated heterocycles. The molecule has 0 spiro atoms. The number of fused-ring (bicyclic) bond motifs is 1. The predicted molar refractivity (Wildman–Crippen MR) is 119 cm³/mol. The molecule has 0 aliphatic carbocycles. The van der Waals surface area contributed by atoms with Gasteiger partial charge in [0.1, 0.15) is 17.8 Å². The minimum atomic E-state index is -2.08. The molecule has 2 fully saturated rings. The van der Waals surface area contributed by atoms with Gasteiger partial charge in [0.15, 0.2) is 14.1 Å². The van der Waals surface area contributed by atoms with E-state index in [4.69, 9.17) is 18.6 Å². The van der Waals surface area contributed by atoms with Crippen LogP contribution in [0, 0.1) is 0 Å². The Bertz CT molecular complexity index is 651. The number of likely N-dealkylation sites (tertiary alicyclic amines) is 1. The molecule has 0 unspecified atom stereocenters. The molecule has 30 heavy (non-hydrogen) atoms. The highest BCUT2D eigenvalue weighted by molar-refractivity contribution is 6.74. The van der Waals surface area contributed by atoms with Crippen LogP contribution in [0.2, 0.25) is 18.1 Å². The van der Waals surface area contributed by atoms with Crippen LogP contribution in [0.15, 0.2) is 12.7 Å². The lowest BCUT2D eigenvalue weighted by Gasteiger charge is -2.40. The van der Waals surface area contributed by atoms with Gasteiger partial charge < -0.3 is 23.7 Å². The maximum atomic E-state index is 13.2. The Morgan fingerprint density at radius 2 is 1.73 bits per heavy atom. The maximum absolute atomic E-state index is 13.2. The first-order valence-electron chi connectivity index (χ1n) is 10.7. The van der Waals surface area contributed by atoms with Crippen molar-refractivity contribution < 1.29 is 28.5 Å². The summed E-state index contributed by atoms with van der Waals surface area (Å²) >= 11 is 0. The first-order valence-corrected chi connectivity index (χ1v) is 13.6. The van der Waals surface area contributed by atoms with Crippen LogP contribution in [0.4, 0.5) is 4.79 Å². The normalized spacial score (nSPS) is 30.2. The number of hydrogen-bond donors (Lipinski definition) is 1. The van der Waals surface area contributed by atoms with Crippen LogP contribution in [-0.2, 0) is 18.6 Å². The predicted octanol–water partition coefficient (Wildman–Crippen LogP) is 4.06. The summed E-state index contributed by atoms with van der Waals surface area (Å²) in [5.74, 6) is -0.816. The zero-order valence-corrected chi connectivity index (χ0v) is 21.3. The third-order valence-electron chi connectivity index (χ3n) is 6.17. The molecule has 0 radical (unpaired) electrons. The largest absolute Gasteiger partial charge is 0.444 e. The smallest absolute Gasteiger partial charge is 0.411 e. The first kappa shape index (κ1) is 25.3. The molecule has 174 valence electrons. The monoisotopic (exact) mass is 443 g/mol. The summed E-state index contributed by atoms with van der Waals surface area (Å²) < 4.78 is 24.5. The molecule has 0 bridgehead atoms. The van der Waals surface area contributed by atoms with Gasteiger partial charge in [-0.2, -0.15) is 0 Å². The summed E-state index contributed by atoms with van der Waals surface area (Å²) in [5.41, 5.74) is -0.676. The van der Waals surface area contributed by atoms with E-state index in [1.165, 1.54) is 6.08 Å². The molecular weight excluding hydrogens is 402 g/mol. The fraction of sp³-hybridized carbons (Fsp3) is 0.864. The Kier molecular flexibility index (Phi) is 6.93. The summed E-state index contributed by atoms with van der Waals surface area (Å²) in [6.07, 6.45) is -1.02. The lowest BCUT2D eigenvalue weighted by Crippen LogP contribution is -2.54. The zero-order chi connectivity index (χ0) is 23.3. The van der Waals surface area contributed by atoms with Gasteiger partial charge in [0.05, 0.1) is 24.8 Å². The molecule has 0 saturated carbocycles. The molecule has 0 aromatic carbocycles. The van der Waals surface area contributed by atoms with Crippen molar-refractivity contribution in [2.75, 3.05) is 6.61 Å². The van der Waals surface area contributed by atoms with Crippen molar-refractivity contribution in [1.29, 1.82) is 0 Å². The van der Waals surface area contributed by atoms with Crippen LogP contribution in [0.3, 0.4) is 0 Å². The second-order valence-corrected chi connectivity index (χ2v) is 16.1. The number of nitrogens with zero attached hydrogens (tertiary/aromatic N) is 1. The Morgan fingerprint density at radius 3 is 2.20 bits per heavy atom. The number of aliphatic hydroxyl groups is 1. The minimum absolute atomic E-state index is 0.0219. The highest BCUT2D eigenvalue weighted by atomic mass is 28.4. The van der Waals surface area contributed by atoms with Crippen molar-refractivity contribution in [3.63, 3.8) is 0 Å². The van der Waals surface area contributed by atoms with Crippen LogP contribution < -0.4 is 0 Å². The molecule has 1 amide bonds. The molecule has 2 heterocycles. The molecule has 2 aliphatic rings. The van der Waals surface area contributed by atoms with Crippen LogP contribution in [-0.4, -0.2) is 72.8 Å². The van der Waals surface area contributed by atoms with Gasteiger partial charge in [0, 0.05) is 0 Å². The number of carbonyl (C=O) groups excluding carboxylic acids is 1. The molecular formula is C22H41NO6Si. The van der Waals surface area contributed by atoms with Gasteiger partial charge in [-0.05, 0) is 52.8 Å². The third-order valence-corrected chi connectivity index (χ3v) is 10.7. The van der Waals surface area contributed by atoms with Crippen LogP contribution >= 0.6 is 0 Å². The van der Waals surface area contributed by atoms with Crippen LogP contribution in [0.5, 0.6) is 0 Å². The standard InChI is InChI=1S/C22H41NO6Si/c1-12-15(24)16-18-17(27-22(8,9)28-18)14(13-26-30(10,11)21(5,6)7)23(16)19(25)29-20(2,3)4/h12,14-18,24H,1,13H2,2-11H3/t14-,15-,16-,17-,18+/m1/s1. The number of carbonyl (C=O) groups is 1. The fourth-order valence-electron chi connectivity index (χ4n) is 3.67. The molecule has 0 aromatic heterocycles. The van der Waals surface area contributed by atoms with Crippen molar-refractivity contribution in [3.05, 3.63) is 12.7 Å². The van der Waals surface area contributed by atoms with Crippen LogP contribution in [0.25, 0.3) is 0 Å². The van der Waals surface area contributed by atoms with E-state index >= 15 is 0 Å². The number of ether oxygens (including phenoxy) is 3. The average Bonchev–Trinajstić information content (AvgIpc) is 2.99. The molecule has 8 heteroatoms. The quantitative estimate of drug-likeness (QED) is 0.510. The van der Waals surface area contributed by atoms with Gasteiger partial charge in [-0.15, -0.1) is 6.58 Å². The van der Waals surface area contributed by atoms with Gasteiger partial charge in [-0.25, -0.2) is 4.79 Å². The van der Waals surface area contributed by atoms with E-state index < -0.39 is 56.2 Å². The van der Waals surface area contributed by atoms with E-state index in [1.54, 1.807) is 4.90 Å². The van der Waals surface area contributed by atoms with E-state index in [0.29, 0.717) is 0 Å². The summed E-state index contributed by atoms with van der Waals surface area (Å²) in [4.78, 5) is 14.8. The van der Waals surface area contributed by atoms with Crippen molar-refractivity contribution in [1.82, 2.24) is 4.90 Å². The van der Waals surface area contributed by atoms with Gasteiger partial charge in [0.25, 0.3) is 0 Å². The topological polar surface area (TPSA) is 77.5 Å². The van der Waals surface area contributed by atoms with Gasteiger partial charge in [-0.1, -0.05) is 26.8 Å². The summed E-state index contributed by atoms with van der Waals surface area (Å²) in [7, 11) is -2.08. The molecule has 1 N–H and O–H groups in total. The number of aliphatic hydroxyl groups excluding tert-OH is 1. The fourth-order valence-corrected chi connectivity index (χ4v) is 4.69. The van der Waals surface area contributed by atoms with Gasteiger partial charge in [0.2, 0.25) is 0 Å².